The monoisotopic (exact) mass is 262 g/mol. The maximum Gasteiger partial charge on any atom is 0.0484 e. The molecule has 0 aliphatic rings. The fourth-order valence-electron chi connectivity index (χ4n) is 1.79. The third-order valence-electron chi connectivity index (χ3n) is 2.61. The minimum Gasteiger partial charge on any atom is -0.0843 e. The van der Waals surface area contributed by atoms with Crippen molar-refractivity contribution in [1.82, 2.24) is 0 Å². The van der Waals surface area contributed by atoms with Crippen molar-refractivity contribution in [3.63, 3.8) is 0 Å². The maximum atomic E-state index is 6.21. The van der Waals surface area contributed by atoms with Crippen LogP contribution in [0.2, 0.25) is 10.0 Å². The van der Waals surface area contributed by atoms with Crippen molar-refractivity contribution < 1.29 is 0 Å². The van der Waals surface area contributed by atoms with Gasteiger partial charge >= 0.3 is 0 Å². The molecule has 17 heavy (non-hydrogen) atoms. The van der Waals surface area contributed by atoms with Gasteiger partial charge in [-0.1, -0.05) is 59.6 Å². The minimum atomic E-state index is 0.739. The van der Waals surface area contributed by atoms with Crippen LogP contribution < -0.4 is 0 Å². The Bertz CT molecular complexity index is 539. The van der Waals surface area contributed by atoms with Gasteiger partial charge in [-0.15, -0.1) is 0 Å². The molecule has 0 saturated heterocycles. The average Bonchev–Trinajstić information content (AvgIpc) is 2.35. The smallest absolute Gasteiger partial charge is 0.0484 e. The lowest BCUT2D eigenvalue weighted by Gasteiger charge is -2.09. The summed E-state index contributed by atoms with van der Waals surface area (Å²) in [5, 5.41) is 1.50. The van der Waals surface area contributed by atoms with Crippen LogP contribution in [0.4, 0.5) is 0 Å². The van der Waals surface area contributed by atoms with Gasteiger partial charge < -0.3 is 0 Å². The van der Waals surface area contributed by atoms with E-state index >= 15 is 0 Å². The Morgan fingerprint density at radius 2 is 1.59 bits per heavy atom. The van der Waals surface area contributed by atoms with Gasteiger partial charge in [-0.05, 0) is 36.3 Å². The van der Waals surface area contributed by atoms with Crippen LogP contribution in [-0.2, 0) is 0 Å². The molecule has 0 unspecified atom stereocenters. The third-order valence-corrected chi connectivity index (χ3v) is 3.19. The fraction of sp³-hybridized carbons (Fsp3) is 0.0667. The lowest BCUT2D eigenvalue weighted by atomic mass is 9.98. The molecule has 0 bridgehead atoms. The van der Waals surface area contributed by atoms with E-state index in [0.717, 1.165) is 26.7 Å². The van der Waals surface area contributed by atoms with Gasteiger partial charge in [0.15, 0.2) is 0 Å². The van der Waals surface area contributed by atoms with Gasteiger partial charge in [0.05, 0.1) is 0 Å². The molecule has 2 heteroatoms. The lowest BCUT2D eigenvalue weighted by Crippen LogP contribution is -1.88. The van der Waals surface area contributed by atoms with Crippen molar-refractivity contribution in [2.45, 2.75) is 6.92 Å². The highest BCUT2D eigenvalue weighted by molar-refractivity contribution is 6.32. The van der Waals surface area contributed by atoms with Crippen molar-refractivity contribution in [2.24, 2.45) is 0 Å². The Balaban J connectivity index is 2.49. The molecule has 0 heterocycles. The minimum absolute atomic E-state index is 0.739. The first-order valence-corrected chi connectivity index (χ1v) is 6.15. The highest BCUT2D eigenvalue weighted by Crippen LogP contribution is 2.29. The molecule has 0 fully saturated rings. The number of allylic oxidation sites excluding steroid dienone is 1. The Kier molecular flexibility index (Phi) is 3.88. The molecule has 0 atom stereocenters. The van der Waals surface area contributed by atoms with Crippen LogP contribution in [-0.4, -0.2) is 0 Å². The molecule has 0 amide bonds. The van der Waals surface area contributed by atoms with Crippen molar-refractivity contribution in [1.29, 1.82) is 0 Å². The van der Waals surface area contributed by atoms with Crippen LogP contribution >= 0.6 is 23.2 Å². The van der Waals surface area contributed by atoms with E-state index in [1.54, 1.807) is 0 Å². The first-order valence-electron chi connectivity index (χ1n) is 5.39. The second-order valence-corrected chi connectivity index (χ2v) is 4.53. The molecule has 0 nitrogen and oxygen atoms in total. The second kappa shape index (κ2) is 5.39. The first kappa shape index (κ1) is 12.2. The molecule has 0 aliphatic heterocycles. The van der Waals surface area contributed by atoms with E-state index in [0.29, 0.717) is 0 Å². The molecule has 86 valence electrons. The number of rotatable bonds is 2. The Morgan fingerprint density at radius 1 is 0.941 bits per heavy atom. The van der Waals surface area contributed by atoms with E-state index in [1.165, 1.54) is 0 Å². The summed E-state index contributed by atoms with van der Waals surface area (Å²) >= 11 is 12.1. The predicted molar refractivity (Wildman–Crippen MR) is 75.7 cm³/mol. The summed E-state index contributed by atoms with van der Waals surface area (Å²) in [7, 11) is 0. The van der Waals surface area contributed by atoms with Gasteiger partial charge in [0, 0.05) is 15.6 Å². The van der Waals surface area contributed by atoms with Crippen LogP contribution in [0.1, 0.15) is 18.1 Å². The topological polar surface area (TPSA) is 0 Å². The average molecular weight is 263 g/mol. The van der Waals surface area contributed by atoms with Crippen LogP contribution in [0.3, 0.4) is 0 Å². The van der Waals surface area contributed by atoms with Gasteiger partial charge in [-0.25, -0.2) is 0 Å². The van der Waals surface area contributed by atoms with Gasteiger partial charge in [0.2, 0.25) is 0 Å². The molecular formula is C15H12Cl2. The molecule has 2 rings (SSSR count). The summed E-state index contributed by atoms with van der Waals surface area (Å²) in [6.07, 6.45) is 2.06. The summed E-state index contributed by atoms with van der Waals surface area (Å²) in [6.45, 7) is 2.01. The molecule has 0 aliphatic carbocycles. The van der Waals surface area contributed by atoms with E-state index in [9.17, 15) is 0 Å². The Hall–Kier alpha value is -1.24. The van der Waals surface area contributed by atoms with Crippen molar-refractivity contribution in [2.75, 3.05) is 0 Å². The molecule has 2 aromatic rings. The van der Waals surface area contributed by atoms with E-state index in [-0.39, 0.29) is 0 Å². The van der Waals surface area contributed by atoms with E-state index < -0.39 is 0 Å². The second-order valence-electron chi connectivity index (χ2n) is 3.69. The fourth-order valence-corrected chi connectivity index (χ4v) is 2.15. The SMILES string of the molecule is CC=C(c1ccc(Cl)cc1)c1ccccc1Cl. The van der Waals surface area contributed by atoms with Crippen molar-refractivity contribution in [3.05, 3.63) is 75.8 Å². The molecule has 0 N–H and O–H groups in total. The van der Waals surface area contributed by atoms with E-state index in [2.05, 4.69) is 6.08 Å². The summed E-state index contributed by atoms with van der Waals surface area (Å²) in [5.41, 5.74) is 3.27. The first-order chi connectivity index (χ1) is 8.22. The van der Waals surface area contributed by atoms with Gasteiger partial charge in [-0.2, -0.15) is 0 Å². The zero-order valence-electron chi connectivity index (χ0n) is 9.45. The molecular weight excluding hydrogens is 251 g/mol. The zero-order valence-corrected chi connectivity index (χ0v) is 11.0. The Labute approximate surface area is 112 Å². The highest BCUT2D eigenvalue weighted by atomic mass is 35.5. The number of hydrogen-bond donors (Lipinski definition) is 0. The highest BCUT2D eigenvalue weighted by Gasteiger charge is 2.07. The van der Waals surface area contributed by atoms with E-state index in [4.69, 9.17) is 23.2 Å². The molecule has 0 spiro atoms. The predicted octanol–water partition coefficient (Wildman–Crippen LogP) is 5.45. The number of benzene rings is 2. The summed E-state index contributed by atoms with van der Waals surface area (Å²) < 4.78 is 0. The van der Waals surface area contributed by atoms with Gasteiger partial charge in [0.25, 0.3) is 0 Å². The van der Waals surface area contributed by atoms with Gasteiger partial charge in [0.1, 0.15) is 0 Å². The number of halogens is 2. The molecule has 2 aromatic carbocycles. The zero-order chi connectivity index (χ0) is 12.3. The molecule has 0 radical (unpaired) electrons. The van der Waals surface area contributed by atoms with Gasteiger partial charge in [-0.3, -0.25) is 0 Å². The van der Waals surface area contributed by atoms with Crippen LogP contribution in [0.15, 0.2) is 54.6 Å². The maximum absolute atomic E-state index is 6.21. The lowest BCUT2D eigenvalue weighted by molar-refractivity contribution is 1.53. The normalized spacial score (nSPS) is 11.6. The standard InChI is InChI=1S/C15H12Cl2/c1-2-13(11-7-9-12(16)10-8-11)14-5-3-4-6-15(14)17/h2-10H,1H3. The van der Waals surface area contributed by atoms with Crippen LogP contribution in [0, 0.1) is 0 Å². The van der Waals surface area contributed by atoms with Crippen LogP contribution in [0.25, 0.3) is 5.57 Å². The van der Waals surface area contributed by atoms with E-state index in [1.807, 2.05) is 55.5 Å². The summed E-state index contributed by atoms with van der Waals surface area (Å²) in [6, 6.07) is 15.6. The largest absolute Gasteiger partial charge is 0.0843 e. The quantitative estimate of drug-likeness (QED) is 0.676. The number of hydrogen-bond acceptors (Lipinski definition) is 0. The summed E-state index contributed by atoms with van der Waals surface area (Å²) in [4.78, 5) is 0. The Morgan fingerprint density at radius 3 is 2.18 bits per heavy atom. The summed E-state index contributed by atoms with van der Waals surface area (Å²) in [5.74, 6) is 0. The molecule has 0 saturated carbocycles. The molecule has 0 aromatic heterocycles. The third kappa shape index (κ3) is 2.71. The van der Waals surface area contributed by atoms with Crippen molar-refractivity contribution >= 4 is 28.8 Å². The van der Waals surface area contributed by atoms with Crippen LogP contribution in [0.5, 0.6) is 0 Å². The van der Waals surface area contributed by atoms with Crippen molar-refractivity contribution in [3.8, 4) is 0 Å².